The van der Waals surface area contributed by atoms with Crippen molar-refractivity contribution in [3.63, 3.8) is 0 Å². The van der Waals surface area contributed by atoms with Crippen molar-refractivity contribution in [1.29, 1.82) is 0 Å². The summed E-state index contributed by atoms with van der Waals surface area (Å²) in [5, 5.41) is 17.8. The van der Waals surface area contributed by atoms with E-state index in [0.717, 1.165) is 74.0 Å². The number of nitrogens with zero attached hydrogens (tertiary/aromatic N) is 3. The average Bonchev–Trinajstić information content (AvgIpc) is 3.18. The third kappa shape index (κ3) is 4.73. The first-order valence-corrected chi connectivity index (χ1v) is 10.2. The van der Waals surface area contributed by atoms with E-state index >= 15 is 0 Å². The predicted molar refractivity (Wildman–Crippen MR) is 110 cm³/mol. The number of fused-ring (bicyclic) bond motifs is 1. The topological polar surface area (TPSA) is 68.9 Å². The van der Waals surface area contributed by atoms with Gasteiger partial charge in [0, 0.05) is 42.3 Å². The lowest BCUT2D eigenvalue weighted by Crippen LogP contribution is -2.19. The monoisotopic (exact) mass is 383 g/mol. The molecule has 0 saturated carbocycles. The maximum absolute atomic E-state index is 9.06. The predicted octanol–water partition coefficient (Wildman–Crippen LogP) is 4.35. The van der Waals surface area contributed by atoms with E-state index in [9.17, 15) is 0 Å². The van der Waals surface area contributed by atoms with Gasteiger partial charge in [0.25, 0.3) is 0 Å². The normalized spacial score (nSPS) is 20.4. The quantitative estimate of drug-likeness (QED) is 0.362. The van der Waals surface area contributed by atoms with Gasteiger partial charge in [-0.3, -0.25) is 0 Å². The number of hydrogen-bond acceptors (Lipinski definition) is 5. The molecule has 1 aromatic heterocycles. The van der Waals surface area contributed by atoms with Gasteiger partial charge >= 0.3 is 0 Å². The Balaban J connectivity index is 0.00000109. The second kappa shape index (κ2) is 10.3. The molecule has 1 N–H and O–H groups in total. The summed E-state index contributed by atoms with van der Waals surface area (Å²) in [6, 6.07) is 4.00. The molecule has 2 aliphatic heterocycles. The molecule has 28 heavy (non-hydrogen) atoms. The zero-order valence-corrected chi connectivity index (χ0v) is 16.7. The smallest absolute Gasteiger partial charge is 0.150 e. The molecule has 2 aliphatic rings. The van der Waals surface area contributed by atoms with Crippen LogP contribution in [0, 0.1) is 17.8 Å². The Morgan fingerprint density at radius 1 is 1.18 bits per heavy atom. The molecule has 0 bridgehead atoms. The van der Waals surface area contributed by atoms with Crippen LogP contribution in [-0.2, 0) is 9.47 Å². The molecule has 0 radical (unpaired) electrons. The van der Waals surface area contributed by atoms with Crippen molar-refractivity contribution in [1.82, 2.24) is 9.78 Å². The van der Waals surface area contributed by atoms with E-state index in [2.05, 4.69) is 22.1 Å². The Morgan fingerprint density at radius 3 is 2.71 bits per heavy atom. The van der Waals surface area contributed by atoms with E-state index in [-0.39, 0.29) is 6.23 Å². The fourth-order valence-electron chi connectivity index (χ4n) is 3.55. The lowest BCUT2D eigenvalue weighted by atomic mass is 9.99. The van der Waals surface area contributed by atoms with Crippen LogP contribution in [0.5, 0.6) is 0 Å². The van der Waals surface area contributed by atoms with Gasteiger partial charge in [-0.1, -0.05) is 30.8 Å². The first kappa shape index (κ1) is 20.4. The lowest BCUT2D eigenvalue weighted by molar-refractivity contribution is -0.0366. The number of oxime groups is 1. The molecular weight excluding hydrogens is 354 g/mol. The number of aromatic nitrogens is 2. The largest absolute Gasteiger partial charge is 0.411 e. The fourth-order valence-corrected chi connectivity index (χ4v) is 3.55. The highest BCUT2D eigenvalue weighted by Crippen LogP contribution is 2.27. The highest BCUT2D eigenvalue weighted by Gasteiger charge is 2.19. The number of hydrogen-bond donors (Lipinski definition) is 1. The summed E-state index contributed by atoms with van der Waals surface area (Å²) in [5.41, 5.74) is 2.62. The van der Waals surface area contributed by atoms with Gasteiger partial charge in [0.2, 0.25) is 0 Å². The van der Waals surface area contributed by atoms with E-state index in [0.29, 0.717) is 5.92 Å². The van der Waals surface area contributed by atoms with E-state index in [1.54, 1.807) is 0 Å². The van der Waals surface area contributed by atoms with Crippen LogP contribution in [-0.4, -0.2) is 41.0 Å². The molecule has 150 valence electrons. The molecule has 1 aromatic carbocycles. The minimum absolute atomic E-state index is 0.0284. The molecule has 3 heterocycles. The van der Waals surface area contributed by atoms with Crippen LogP contribution >= 0.6 is 0 Å². The molecule has 0 aliphatic carbocycles. The Labute approximate surface area is 166 Å². The Bertz CT molecular complexity index is 851. The molecule has 2 aromatic rings. The van der Waals surface area contributed by atoms with Gasteiger partial charge < -0.3 is 14.7 Å². The summed E-state index contributed by atoms with van der Waals surface area (Å²) < 4.78 is 13.2. The minimum Gasteiger partial charge on any atom is -0.411 e. The van der Waals surface area contributed by atoms with E-state index in [1.165, 1.54) is 6.21 Å². The summed E-state index contributed by atoms with van der Waals surface area (Å²) in [6.07, 6.45) is 8.41. The molecule has 6 heteroatoms. The van der Waals surface area contributed by atoms with Crippen molar-refractivity contribution in [3.8, 4) is 11.8 Å². The molecule has 0 spiro atoms. The summed E-state index contributed by atoms with van der Waals surface area (Å²) in [5.74, 6) is 6.98. The van der Waals surface area contributed by atoms with Crippen LogP contribution in [0.1, 0.15) is 63.3 Å². The molecular formula is C22H29N3O3. The first-order chi connectivity index (χ1) is 13.8. The van der Waals surface area contributed by atoms with Crippen LogP contribution in [0.25, 0.3) is 10.9 Å². The van der Waals surface area contributed by atoms with Gasteiger partial charge in [0.1, 0.15) is 0 Å². The Kier molecular flexibility index (Phi) is 7.46. The van der Waals surface area contributed by atoms with Crippen molar-refractivity contribution >= 4 is 17.1 Å². The van der Waals surface area contributed by atoms with Crippen LogP contribution in [0.3, 0.4) is 0 Å². The molecule has 2 saturated heterocycles. The summed E-state index contributed by atoms with van der Waals surface area (Å²) >= 11 is 0. The third-order valence-electron chi connectivity index (χ3n) is 5.02. The standard InChI is InChI=1S/C20H23N3O3.C2H6/c24-22-14-17-12-19-18(13-21-23(19)20-3-1-2-8-26-20)11-16(17)5-4-15-6-9-25-10-7-15;1-2/h11-15,20,24H,1-3,6-10H2;1-2H3/b22-14+;. The number of ether oxygens (including phenoxy) is 2. The van der Waals surface area contributed by atoms with Gasteiger partial charge in [-0.2, -0.15) is 5.10 Å². The summed E-state index contributed by atoms with van der Waals surface area (Å²) in [4.78, 5) is 0. The number of benzene rings is 1. The lowest BCUT2D eigenvalue weighted by Gasteiger charge is -2.23. The van der Waals surface area contributed by atoms with Crippen LogP contribution < -0.4 is 0 Å². The maximum atomic E-state index is 9.06. The van der Waals surface area contributed by atoms with Crippen LogP contribution in [0.4, 0.5) is 0 Å². The third-order valence-corrected chi connectivity index (χ3v) is 5.02. The highest BCUT2D eigenvalue weighted by molar-refractivity contribution is 5.92. The van der Waals surface area contributed by atoms with E-state index < -0.39 is 0 Å². The molecule has 0 amide bonds. The van der Waals surface area contributed by atoms with E-state index in [1.807, 2.05) is 36.9 Å². The fraction of sp³-hybridized carbons (Fsp3) is 0.545. The maximum Gasteiger partial charge on any atom is 0.150 e. The SMILES string of the molecule is CC.O/N=C/c1cc2c(cnn2C2CCCCO2)cc1C#CC1CCOCC1. The van der Waals surface area contributed by atoms with E-state index in [4.69, 9.17) is 14.7 Å². The van der Waals surface area contributed by atoms with Crippen molar-refractivity contribution in [2.45, 2.75) is 52.2 Å². The zero-order valence-electron chi connectivity index (χ0n) is 16.7. The molecule has 6 nitrogen and oxygen atoms in total. The van der Waals surface area contributed by atoms with Gasteiger partial charge in [-0.15, -0.1) is 0 Å². The van der Waals surface area contributed by atoms with Gasteiger partial charge in [0.15, 0.2) is 6.23 Å². The minimum atomic E-state index is -0.0284. The molecule has 1 atom stereocenters. The van der Waals surface area contributed by atoms with Crippen LogP contribution in [0.2, 0.25) is 0 Å². The molecule has 2 fully saturated rings. The molecule has 1 unspecified atom stereocenters. The zero-order chi connectivity index (χ0) is 19.8. The van der Waals surface area contributed by atoms with Crippen molar-refractivity contribution in [2.75, 3.05) is 19.8 Å². The first-order valence-electron chi connectivity index (χ1n) is 10.2. The highest BCUT2D eigenvalue weighted by atomic mass is 16.5. The van der Waals surface area contributed by atoms with Gasteiger partial charge in [-0.25, -0.2) is 4.68 Å². The molecule has 4 rings (SSSR count). The van der Waals surface area contributed by atoms with Gasteiger partial charge in [0.05, 0.1) is 17.9 Å². The van der Waals surface area contributed by atoms with Crippen molar-refractivity contribution in [2.24, 2.45) is 11.1 Å². The Hall–Kier alpha value is -2.36. The Morgan fingerprint density at radius 2 is 2.00 bits per heavy atom. The van der Waals surface area contributed by atoms with Crippen molar-refractivity contribution < 1.29 is 14.7 Å². The summed E-state index contributed by atoms with van der Waals surface area (Å²) in [7, 11) is 0. The number of rotatable bonds is 2. The van der Waals surface area contributed by atoms with Gasteiger partial charge in [-0.05, 0) is 44.2 Å². The second-order valence-corrected chi connectivity index (χ2v) is 6.81. The van der Waals surface area contributed by atoms with Crippen LogP contribution in [0.15, 0.2) is 23.5 Å². The van der Waals surface area contributed by atoms with Crippen molar-refractivity contribution in [3.05, 3.63) is 29.5 Å². The summed E-state index contributed by atoms with van der Waals surface area (Å²) in [6.45, 7) is 6.32. The second-order valence-electron chi connectivity index (χ2n) is 6.81. The average molecular weight is 383 g/mol.